The van der Waals surface area contributed by atoms with Crippen LogP contribution in [0.4, 0.5) is 43.3 Å². The molecule has 0 amide bonds. The first-order valence-electron chi connectivity index (χ1n) is 11.8. The van der Waals surface area contributed by atoms with Gasteiger partial charge < -0.3 is 24.8 Å². The second-order valence-corrected chi connectivity index (χ2v) is 10.2. The van der Waals surface area contributed by atoms with Gasteiger partial charge in [-0.25, -0.2) is 13.8 Å². The zero-order chi connectivity index (χ0) is 25.1. The molecular formula is C25H27ClF2N6OS. The number of rotatable bonds is 6. The van der Waals surface area contributed by atoms with E-state index in [0.717, 1.165) is 60.8 Å². The van der Waals surface area contributed by atoms with Crippen molar-refractivity contribution in [3.8, 4) is 0 Å². The van der Waals surface area contributed by atoms with Gasteiger partial charge in [-0.15, -0.1) is 0 Å². The molecule has 0 bridgehead atoms. The van der Waals surface area contributed by atoms with E-state index in [4.69, 9.17) is 16.3 Å². The summed E-state index contributed by atoms with van der Waals surface area (Å²) in [5.41, 5.74) is 3.25. The average Bonchev–Trinajstić information content (AvgIpc) is 2.92. The van der Waals surface area contributed by atoms with Crippen LogP contribution in [0.1, 0.15) is 0 Å². The second-order valence-electron chi connectivity index (χ2n) is 8.55. The Balaban J connectivity index is 1.43. The lowest BCUT2D eigenvalue weighted by Crippen LogP contribution is -2.37. The van der Waals surface area contributed by atoms with Crippen LogP contribution in [0.3, 0.4) is 0 Å². The van der Waals surface area contributed by atoms with Gasteiger partial charge in [-0.05, 0) is 36.4 Å². The minimum atomic E-state index is -0.838. The van der Waals surface area contributed by atoms with Gasteiger partial charge in [-0.1, -0.05) is 11.6 Å². The van der Waals surface area contributed by atoms with E-state index in [9.17, 15) is 8.78 Å². The average molecular weight is 533 g/mol. The summed E-state index contributed by atoms with van der Waals surface area (Å²) in [6.45, 7) is 5.07. The number of morpholine rings is 1. The fourth-order valence-corrected chi connectivity index (χ4v) is 5.36. The molecular weight excluding hydrogens is 506 g/mol. The lowest BCUT2D eigenvalue weighted by molar-refractivity contribution is 0.122. The summed E-state index contributed by atoms with van der Waals surface area (Å²) in [6.07, 6.45) is 1.60. The first-order valence-corrected chi connectivity index (χ1v) is 13.3. The van der Waals surface area contributed by atoms with E-state index in [2.05, 4.69) is 43.3 Å². The second kappa shape index (κ2) is 11.1. The molecule has 2 aliphatic heterocycles. The Labute approximate surface area is 218 Å². The molecule has 5 rings (SSSR count). The van der Waals surface area contributed by atoms with Gasteiger partial charge in [0.05, 0.1) is 18.9 Å². The van der Waals surface area contributed by atoms with Crippen molar-refractivity contribution in [2.75, 3.05) is 78.0 Å². The Kier molecular flexibility index (Phi) is 7.64. The van der Waals surface area contributed by atoms with Crippen LogP contribution < -0.4 is 20.0 Å². The summed E-state index contributed by atoms with van der Waals surface area (Å²) < 4.78 is 33.8. The van der Waals surface area contributed by atoms with Crippen LogP contribution in [-0.2, 0) is 4.74 Å². The summed E-state index contributed by atoms with van der Waals surface area (Å²) in [7, 11) is 1.64. The van der Waals surface area contributed by atoms with Crippen LogP contribution in [0.2, 0.25) is 5.02 Å². The Hall–Kier alpha value is -2.82. The predicted molar refractivity (Wildman–Crippen MR) is 144 cm³/mol. The van der Waals surface area contributed by atoms with Gasteiger partial charge in [0.15, 0.2) is 5.82 Å². The van der Waals surface area contributed by atoms with Crippen molar-refractivity contribution in [3.63, 3.8) is 0 Å². The number of anilines is 6. The van der Waals surface area contributed by atoms with Gasteiger partial charge in [0.25, 0.3) is 0 Å². The number of hydrogen-bond donors (Lipinski definition) is 1. The van der Waals surface area contributed by atoms with Crippen molar-refractivity contribution in [2.24, 2.45) is 0 Å². The third-order valence-electron chi connectivity index (χ3n) is 6.27. The first kappa shape index (κ1) is 24.9. The molecule has 1 N–H and O–H groups in total. The molecule has 0 spiro atoms. The van der Waals surface area contributed by atoms with E-state index in [1.165, 1.54) is 11.0 Å². The van der Waals surface area contributed by atoms with Crippen LogP contribution >= 0.6 is 23.4 Å². The molecule has 3 aromatic rings. The number of benzene rings is 2. The van der Waals surface area contributed by atoms with Crippen molar-refractivity contribution in [3.05, 3.63) is 59.3 Å². The minimum absolute atomic E-state index is 0.116. The van der Waals surface area contributed by atoms with Crippen molar-refractivity contribution >= 4 is 57.9 Å². The van der Waals surface area contributed by atoms with Crippen molar-refractivity contribution < 1.29 is 13.5 Å². The summed E-state index contributed by atoms with van der Waals surface area (Å²) in [5.74, 6) is 1.37. The molecule has 0 saturated carbocycles. The molecule has 0 atom stereocenters. The number of nitrogens with one attached hydrogen (secondary N) is 1. The van der Waals surface area contributed by atoms with E-state index < -0.39 is 16.7 Å². The normalized spacial score (nSPS) is 16.2. The molecule has 11 heteroatoms. The lowest BCUT2D eigenvalue weighted by Gasteiger charge is -2.33. The van der Waals surface area contributed by atoms with Crippen molar-refractivity contribution in [1.82, 2.24) is 9.97 Å². The van der Waals surface area contributed by atoms with E-state index in [-0.39, 0.29) is 5.69 Å². The summed E-state index contributed by atoms with van der Waals surface area (Å²) in [4.78, 5) is 15.2. The smallest absolute Gasteiger partial charge is 0.229 e. The highest BCUT2D eigenvalue weighted by Crippen LogP contribution is 2.33. The third-order valence-corrected chi connectivity index (χ3v) is 7.56. The fraction of sp³-hybridized carbons (Fsp3) is 0.360. The standard InChI is InChI=1S/C25H27ClF2N6OS/c1-32(21-3-2-20(27)23(26)24(21)28)22-4-5-29-25(31-22)30-17-14-18(33-6-10-35-11-7-33)16-19(15-17)34-8-12-36-13-9-34/h2-5,14-16H,6-13H2,1H3,(H,29,30,31). The fourth-order valence-electron chi connectivity index (χ4n) is 4.30. The molecule has 0 unspecified atom stereocenters. The van der Waals surface area contributed by atoms with Gasteiger partial charge in [-0.3, -0.25) is 0 Å². The number of thioether (sulfide) groups is 1. The van der Waals surface area contributed by atoms with Crippen molar-refractivity contribution in [1.29, 1.82) is 0 Å². The maximum atomic E-state index is 14.6. The topological polar surface area (TPSA) is 56.8 Å². The van der Waals surface area contributed by atoms with Gasteiger partial charge in [0.1, 0.15) is 16.7 Å². The van der Waals surface area contributed by atoms with Crippen molar-refractivity contribution in [2.45, 2.75) is 0 Å². The van der Waals surface area contributed by atoms with E-state index in [1.807, 2.05) is 11.8 Å². The lowest BCUT2D eigenvalue weighted by atomic mass is 10.2. The number of aromatic nitrogens is 2. The summed E-state index contributed by atoms with van der Waals surface area (Å²) >= 11 is 7.74. The Morgan fingerprint density at radius 2 is 1.69 bits per heavy atom. The van der Waals surface area contributed by atoms with E-state index >= 15 is 0 Å². The van der Waals surface area contributed by atoms with Crippen LogP contribution in [-0.4, -0.2) is 67.9 Å². The summed E-state index contributed by atoms with van der Waals surface area (Å²) in [5, 5.41) is 2.78. The number of ether oxygens (including phenoxy) is 1. The van der Waals surface area contributed by atoms with Crippen LogP contribution in [0, 0.1) is 11.6 Å². The minimum Gasteiger partial charge on any atom is -0.378 e. The third kappa shape index (κ3) is 5.45. The van der Waals surface area contributed by atoms with Gasteiger partial charge in [0, 0.05) is 68.0 Å². The molecule has 36 heavy (non-hydrogen) atoms. The highest BCUT2D eigenvalue weighted by atomic mass is 35.5. The first-order chi connectivity index (χ1) is 17.5. The molecule has 0 radical (unpaired) electrons. The quantitative estimate of drug-likeness (QED) is 0.429. The molecule has 190 valence electrons. The number of halogens is 3. The largest absolute Gasteiger partial charge is 0.378 e. The molecule has 2 aromatic carbocycles. The van der Waals surface area contributed by atoms with Gasteiger partial charge in [-0.2, -0.15) is 16.7 Å². The number of nitrogens with zero attached hydrogens (tertiary/aromatic N) is 5. The molecule has 2 saturated heterocycles. The molecule has 2 aliphatic rings. The zero-order valence-corrected chi connectivity index (χ0v) is 21.5. The Bertz CT molecular complexity index is 1190. The maximum Gasteiger partial charge on any atom is 0.229 e. The van der Waals surface area contributed by atoms with E-state index in [1.54, 1.807) is 19.3 Å². The van der Waals surface area contributed by atoms with Crippen LogP contribution in [0.5, 0.6) is 0 Å². The Morgan fingerprint density at radius 3 is 2.42 bits per heavy atom. The maximum absolute atomic E-state index is 14.6. The molecule has 2 fully saturated rings. The molecule has 3 heterocycles. The predicted octanol–water partition coefficient (Wildman–Crippen LogP) is 5.31. The molecule has 7 nitrogen and oxygen atoms in total. The molecule has 0 aliphatic carbocycles. The Morgan fingerprint density at radius 1 is 1.00 bits per heavy atom. The summed E-state index contributed by atoms with van der Waals surface area (Å²) in [6, 6.07) is 10.6. The number of hydrogen-bond acceptors (Lipinski definition) is 8. The van der Waals surface area contributed by atoms with Gasteiger partial charge >= 0.3 is 0 Å². The zero-order valence-electron chi connectivity index (χ0n) is 19.9. The van der Waals surface area contributed by atoms with Crippen LogP contribution in [0.15, 0.2) is 42.6 Å². The highest BCUT2D eigenvalue weighted by molar-refractivity contribution is 7.99. The SMILES string of the molecule is CN(c1ccnc(Nc2cc(N3CCOCC3)cc(N3CCSCC3)c2)n1)c1ccc(F)c(Cl)c1F. The van der Waals surface area contributed by atoms with Gasteiger partial charge in [0.2, 0.25) is 5.95 Å². The van der Waals surface area contributed by atoms with Crippen LogP contribution in [0.25, 0.3) is 0 Å². The van der Waals surface area contributed by atoms with E-state index in [0.29, 0.717) is 25.0 Å². The monoisotopic (exact) mass is 532 g/mol. The highest BCUT2D eigenvalue weighted by Gasteiger charge is 2.19. The molecule has 1 aromatic heterocycles.